The molecule has 4 rings (SSSR count). The first-order valence-corrected chi connectivity index (χ1v) is 11.3. The molecule has 0 radical (unpaired) electrons. The van der Waals surface area contributed by atoms with Crippen molar-refractivity contribution >= 4 is 39.1 Å². The van der Waals surface area contributed by atoms with Crippen LogP contribution in [0.25, 0.3) is 17.1 Å². The van der Waals surface area contributed by atoms with Gasteiger partial charge in [0.25, 0.3) is 11.4 Å². The molecular formula is C21H16BrCl2N5O3. The Hall–Kier alpha value is -2.75. The van der Waals surface area contributed by atoms with Crippen LogP contribution in [-0.2, 0) is 10.7 Å². The van der Waals surface area contributed by atoms with E-state index in [2.05, 4.69) is 36.2 Å². The van der Waals surface area contributed by atoms with Crippen LogP contribution >= 0.6 is 39.1 Å². The van der Waals surface area contributed by atoms with Gasteiger partial charge >= 0.3 is 5.69 Å². The average molecular weight is 537 g/mol. The van der Waals surface area contributed by atoms with E-state index in [9.17, 15) is 9.59 Å². The lowest BCUT2D eigenvalue weighted by atomic mass is 9.83. The van der Waals surface area contributed by atoms with Crippen LogP contribution in [0.4, 0.5) is 0 Å². The molecule has 0 amide bonds. The van der Waals surface area contributed by atoms with Crippen molar-refractivity contribution in [3.8, 4) is 17.1 Å². The fourth-order valence-electron chi connectivity index (χ4n) is 3.36. The Kier molecular flexibility index (Phi) is 6.07. The number of rotatable bonds is 5. The molecule has 11 heteroatoms. The first kappa shape index (κ1) is 22.4. The summed E-state index contributed by atoms with van der Waals surface area (Å²) in [6, 6.07) is 10.8. The molecule has 1 N–H and O–H groups in total. The van der Waals surface area contributed by atoms with E-state index >= 15 is 0 Å². The van der Waals surface area contributed by atoms with Crippen LogP contribution in [-0.4, -0.2) is 24.9 Å². The molecule has 32 heavy (non-hydrogen) atoms. The maximum atomic E-state index is 12.1. The second kappa shape index (κ2) is 8.65. The van der Waals surface area contributed by atoms with E-state index in [0.29, 0.717) is 28.3 Å². The topological polar surface area (TPSA) is 107 Å². The first-order valence-electron chi connectivity index (χ1n) is 9.39. The molecule has 0 bridgehead atoms. The quantitative estimate of drug-likeness (QED) is 0.376. The molecule has 4 aromatic rings. The summed E-state index contributed by atoms with van der Waals surface area (Å²) in [5, 5.41) is 9.21. The summed E-state index contributed by atoms with van der Waals surface area (Å²) >= 11 is 16.6. The summed E-state index contributed by atoms with van der Waals surface area (Å²) in [7, 11) is 0. The van der Waals surface area contributed by atoms with E-state index in [4.69, 9.17) is 27.7 Å². The molecule has 0 spiro atoms. The monoisotopic (exact) mass is 535 g/mol. The van der Waals surface area contributed by atoms with E-state index in [1.165, 1.54) is 0 Å². The lowest BCUT2D eigenvalue weighted by Gasteiger charge is -2.24. The van der Waals surface area contributed by atoms with Gasteiger partial charge in [-0.25, -0.2) is 4.79 Å². The van der Waals surface area contributed by atoms with Crippen molar-refractivity contribution in [1.82, 2.24) is 24.9 Å². The second-order valence-corrected chi connectivity index (χ2v) is 8.85. The number of aromatic amines is 1. The summed E-state index contributed by atoms with van der Waals surface area (Å²) in [5.41, 5.74) is 0.584. The van der Waals surface area contributed by atoms with Crippen molar-refractivity contribution in [2.24, 2.45) is 0 Å². The molecule has 2 aromatic heterocycles. The minimum absolute atomic E-state index is 0.282. The maximum Gasteiger partial charge on any atom is 0.349 e. The predicted octanol–water partition coefficient (Wildman–Crippen LogP) is 4.50. The molecule has 0 saturated carbocycles. The Morgan fingerprint density at radius 2 is 1.84 bits per heavy atom. The Morgan fingerprint density at radius 3 is 2.50 bits per heavy atom. The van der Waals surface area contributed by atoms with Gasteiger partial charge in [0.1, 0.15) is 6.20 Å². The highest BCUT2D eigenvalue weighted by atomic mass is 79.9. The fourth-order valence-corrected chi connectivity index (χ4v) is 4.80. The van der Waals surface area contributed by atoms with Gasteiger partial charge in [0, 0.05) is 26.5 Å². The smallest absolute Gasteiger partial charge is 0.334 e. The lowest BCUT2D eigenvalue weighted by Crippen LogP contribution is -2.30. The molecule has 8 nitrogen and oxygen atoms in total. The molecule has 0 aliphatic heterocycles. The number of hydrogen-bond donors (Lipinski definition) is 1. The Morgan fingerprint density at radius 1 is 1.16 bits per heavy atom. The third kappa shape index (κ3) is 4.03. The van der Waals surface area contributed by atoms with Gasteiger partial charge < -0.3 is 4.52 Å². The Balaban J connectivity index is 1.77. The molecule has 0 aliphatic rings. The third-order valence-electron chi connectivity index (χ3n) is 4.99. The molecule has 164 valence electrons. The lowest BCUT2D eigenvalue weighted by molar-refractivity contribution is 0.408. The van der Waals surface area contributed by atoms with Crippen LogP contribution < -0.4 is 11.2 Å². The summed E-state index contributed by atoms with van der Waals surface area (Å²) in [6.45, 7) is 3.74. The van der Waals surface area contributed by atoms with Crippen molar-refractivity contribution in [3.05, 3.63) is 90.4 Å². The van der Waals surface area contributed by atoms with E-state index in [0.717, 1.165) is 22.0 Å². The SMILES string of the molecule is CC(C)(c1noc(-c2ccccc2CBr)n1)c1c(Cl)cc(-n2ncc(=O)[nH]c2=O)cc1Cl. The molecule has 2 heterocycles. The predicted molar refractivity (Wildman–Crippen MR) is 125 cm³/mol. The minimum atomic E-state index is -0.818. The van der Waals surface area contributed by atoms with Gasteiger partial charge in [-0.05, 0) is 37.6 Å². The van der Waals surface area contributed by atoms with Crippen molar-refractivity contribution in [2.45, 2.75) is 24.6 Å². The van der Waals surface area contributed by atoms with Crippen molar-refractivity contribution in [2.75, 3.05) is 0 Å². The average Bonchev–Trinajstić information content (AvgIpc) is 3.24. The van der Waals surface area contributed by atoms with Gasteiger partial charge in [-0.15, -0.1) is 0 Å². The van der Waals surface area contributed by atoms with E-state index in [1.54, 1.807) is 12.1 Å². The zero-order valence-corrected chi connectivity index (χ0v) is 20.0. The van der Waals surface area contributed by atoms with E-state index in [1.807, 2.05) is 38.1 Å². The Bertz CT molecular complexity index is 1400. The van der Waals surface area contributed by atoms with E-state index in [-0.39, 0.29) is 10.0 Å². The van der Waals surface area contributed by atoms with E-state index < -0.39 is 16.7 Å². The number of nitrogens with one attached hydrogen (secondary N) is 1. The van der Waals surface area contributed by atoms with Crippen LogP contribution in [0.2, 0.25) is 10.0 Å². The number of H-pyrrole nitrogens is 1. The van der Waals surface area contributed by atoms with Crippen LogP contribution in [0.5, 0.6) is 0 Å². The minimum Gasteiger partial charge on any atom is -0.334 e. The molecule has 0 fully saturated rings. The van der Waals surface area contributed by atoms with Crippen molar-refractivity contribution in [3.63, 3.8) is 0 Å². The number of halogens is 3. The number of benzene rings is 2. The van der Waals surface area contributed by atoms with Crippen LogP contribution in [0.15, 0.2) is 56.7 Å². The summed E-state index contributed by atoms with van der Waals surface area (Å²) in [6.07, 6.45) is 0.993. The van der Waals surface area contributed by atoms with Gasteiger partial charge in [-0.3, -0.25) is 9.78 Å². The molecule has 2 aromatic carbocycles. The number of hydrogen-bond acceptors (Lipinski definition) is 6. The zero-order chi connectivity index (χ0) is 23.0. The number of alkyl halides is 1. The fraction of sp³-hybridized carbons (Fsp3) is 0.190. The molecular weight excluding hydrogens is 521 g/mol. The van der Waals surface area contributed by atoms with Crippen molar-refractivity contribution < 1.29 is 4.52 Å². The standard InChI is InChI=1S/C21H16BrCl2N5O3/c1-21(2,19-27-18(32-28-19)13-6-4-3-5-11(13)9-22)17-14(23)7-12(8-15(17)24)29-20(31)26-16(30)10-25-29/h3-8,10H,9H2,1-2H3,(H,26,30,31). The summed E-state index contributed by atoms with van der Waals surface area (Å²) in [5.74, 6) is 0.781. The van der Waals surface area contributed by atoms with Gasteiger partial charge in [0.15, 0.2) is 5.82 Å². The molecule has 0 unspecified atom stereocenters. The molecule has 0 aliphatic carbocycles. The number of aromatic nitrogens is 5. The first-order chi connectivity index (χ1) is 15.2. The summed E-state index contributed by atoms with van der Waals surface area (Å²) < 4.78 is 6.54. The van der Waals surface area contributed by atoms with Crippen LogP contribution in [0.1, 0.15) is 30.8 Å². The highest BCUT2D eigenvalue weighted by molar-refractivity contribution is 9.08. The van der Waals surface area contributed by atoms with Gasteiger partial charge in [-0.2, -0.15) is 14.8 Å². The second-order valence-electron chi connectivity index (χ2n) is 7.47. The molecule has 0 saturated heterocycles. The van der Waals surface area contributed by atoms with Crippen LogP contribution in [0.3, 0.4) is 0 Å². The van der Waals surface area contributed by atoms with Gasteiger partial charge in [0.05, 0.1) is 11.1 Å². The third-order valence-corrected chi connectivity index (χ3v) is 6.19. The van der Waals surface area contributed by atoms with Gasteiger partial charge in [-0.1, -0.05) is 62.5 Å². The highest BCUT2D eigenvalue weighted by Gasteiger charge is 2.34. The van der Waals surface area contributed by atoms with Crippen molar-refractivity contribution in [1.29, 1.82) is 0 Å². The summed E-state index contributed by atoms with van der Waals surface area (Å²) in [4.78, 5) is 30.1. The zero-order valence-electron chi connectivity index (χ0n) is 16.9. The largest absolute Gasteiger partial charge is 0.349 e. The highest BCUT2D eigenvalue weighted by Crippen LogP contribution is 2.41. The Labute approximate surface area is 200 Å². The normalized spacial score (nSPS) is 11.7. The number of nitrogens with zero attached hydrogens (tertiary/aromatic N) is 4. The van der Waals surface area contributed by atoms with Gasteiger partial charge in [0.2, 0.25) is 0 Å². The molecule has 0 atom stereocenters. The maximum absolute atomic E-state index is 12.1. The van der Waals surface area contributed by atoms with Crippen LogP contribution in [0, 0.1) is 0 Å².